The van der Waals surface area contributed by atoms with Gasteiger partial charge in [0.1, 0.15) is 12.7 Å². The second-order valence-corrected chi connectivity index (χ2v) is 5.53. The van der Waals surface area contributed by atoms with Crippen LogP contribution in [0.2, 0.25) is 0 Å². The van der Waals surface area contributed by atoms with E-state index in [0.717, 1.165) is 37.9 Å². The van der Waals surface area contributed by atoms with Crippen LogP contribution in [0.25, 0.3) is 0 Å². The molecule has 2 aromatic rings. The Balaban J connectivity index is 1.54. The summed E-state index contributed by atoms with van der Waals surface area (Å²) in [5.74, 6) is 0.212. The van der Waals surface area contributed by atoms with Gasteiger partial charge in [-0.1, -0.05) is 0 Å². The van der Waals surface area contributed by atoms with Crippen LogP contribution in [0.5, 0.6) is 0 Å². The van der Waals surface area contributed by atoms with Crippen LogP contribution in [0.3, 0.4) is 0 Å². The van der Waals surface area contributed by atoms with Gasteiger partial charge in [0.05, 0.1) is 12.2 Å². The van der Waals surface area contributed by atoms with Gasteiger partial charge in [0, 0.05) is 32.8 Å². The minimum absolute atomic E-state index is 0.212. The molecule has 2 aromatic heterocycles. The van der Waals surface area contributed by atoms with Crippen LogP contribution >= 0.6 is 0 Å². The van der Waals surface area contributed by atoms with E-state index in [9.17, 15) is 4.79 Å². The number of piperidine rings is 1. The molecule has 21 heavy (non-hydrogen) atoms. The van der Waals surface area contributed by atoms with E-state index in [2.05, 4.69) is 15.2 Å². The van der Waals surface area contributed by atoms with E-state index in [-0.39, 0.29) is 11.9 Å². The number of carbonyl (C=O) groups is 1. The van der Waals surface area contributed by atoms with Crippen molar-refractivity contribution in [3.63, 3.8) is 0 Å². The highest BCUT2D eigenvalue weighted by molar-refractivity contribution is 5.76. The molecule has 7 nitrogen and oxygen atoms in total. The Hall–Kier alpha value is -2.18. The van der Waals surface area contributed by atoms with E-state index in [4.69, 9.17) is 0 Å². The van der Waals surface area contributed by atoms with Gasteiger partial charge < -0.3 is 4.90 Å². The second kappa shape index (κ2) is 6.07. The van der Waals surface area contributed by atoms with Gasteiger partial charge >= 0.3 is 0 Å². The number of nitrogens with zero attached hydrogens (tertiary/aromatic N) is 6. The molecule has 0 aliphatic carbocycles. The monoisotopic (exact) mass is 288 g/mol. The molecule has 0 radical (unpaired) electrons. The summed E-state index contributed by atoms with van der Waals surface area (Å²) in [7, 11) is 1.89. The van der Waals surface area contributed by atoms with Crippen molar-refractivity contribution in [1.82, 2.24) is 29.4 Å². The molecule has 3 rings (SSSR count). The Morgan fingerprint density at radius 2 is 2.33 bits per heavy atom. The van der Waals surface area contributed by atoms with Gasteiger partial charge in [-0.25, -0.2) is 9.67 Å². The van der Waals surface area contributed by atoms with Crippen LogP contribution in [0.15, 0.2) is 25.0 Å². The number of rotatable bonds is 4. The summed E-state index contributed by atoms with van der Waals surface area (Å²) in [6, 6.07) is 0.253. The zero-order valence-electron chi connectivity index (χ0n) is 12.2. The third-order valence-electron chi connectivity index (χ3n) is 3.95. The molecule has 1 aliphatic heterocycles. The van der Waals surface area contributed by atoms with E-state index in [1.54, 1.807) is 17.3 Å². The maximum absolute atomic E-state index is 12.3. The molecule has 7 heteroatoms. The molecular weight excluding hydrogens is 268 g/mol. The Kier molecular flexibility index (Phi) is 3.98. The van der Waals surface area contributed by atoms with E-state index in [1.807, 2.05) is 29.0 Å². The molecule has 0 aromatic carbocycles. The Bertz CT molecular complexity index is 590. The SMILES string of the molecule is Cn1cc(CCC(=O)N2CCC[C@@H](n3cncn3)C2)cn1. The van der Waals surface area contributed by atoms with Crippen molar-refractivity contribution in [2.75, 3.05) is 13.1 Å². The predicted molar refractivity (Wildman–Crippen MR) is 76.4 cm³/mol. The zero-order chi connectivity index (χ0) is 14.7. The number of likely N-dealkylation sites (tertiary alicyclic amines) is 1. The topological polar surface area (TPSA) is 68.8 Å². The third-order valence-corrected chi connectivity index (χ3v) is 3.95. The molecule has 3 heterocycles. The fraction of sp³-hybridized carbons (Fsp3) is 0.571. The molecule has 1 aliphatic rings. The first-order valence-electron chi connectivity index (χ1n) is 7.32. The summed E-state index contributed by atoms with van der Waals surface area (Å²) in [6.07, 6.45) is 10.4. The van der Waals surface area contributed by atoms with Crippen LogP contribution in [0, 0.1) is 0 Å². The quantitative estimate of drug-likeness (QED) is 0.835. The summed E-state index contributed by atoms with van der Waals surface area (Å²) < 4.78 is 3.63. The molecule has 1 atom stereocenters. The van der Waals surface area contributed by atoms with Gasteiger partial charge in [-0.05, 0) is 24.8 Å². The largest absolute Gasteiger partial charge is 0.341 e. The average Bonchev–Trinajstić information content (AvgIpc) is 3.16. The van der Waals surface area contributed by atoms with E-state index in [0.29, 0.717) is 6.42 Å². The van der Waals surface area contributed by atoms with E-state index < -0.39 is 0 Å². The molecule has 0 spiro atoms. The molecule has 1 saturated heterocycles. The third kappa shape index (κ3) is 3.29. The van der Waals surface area contributed by atoms with Gasteiger partial charge in [-0.2, -0.15) is 10.2 Å². The first-order valence-corrected chi connectivity index (χ1v) is 7.32. The lowest BCUT2D eigenvalue weighted by Crippen LogP contribution is -2.40. The van der Waals surface area contributed by atoms with Crippen molar-refractivity contribution in [2.24, 2.45) is 7.05 Å². The molecule has 0 N–H and O–H groups in total. The Morgan fingerprint density at radius 3 is 3.05 bits per heavy atom. The molecular formula is C14H20N6O. The smallest absolute Gasteiger partial charge is 0.222 e. The lowest BCUT2D eigenvalue weighted by atomic mass is 10.0. The summed E-state index contributed by atoms with van der Waals surface area (Å²) in [5, 5.41) is 8.31. The minimum Gasteiger partial charge on any atom is -0.341 e. The maximum atomic E-state index is 12.3. The first kappa shape index (κ1) is 13.8. The molecule has 1 amide bonds. The highest BCUT2D eigenvalue weighted by Crippen LogP contribution is 2.21. The lowest BCUT2D eigenvalue weighted by molar-refractivity contribution is -0.132. The van der Waals surface area contributed by atoms with Crippen LogP contribution in [0.1, 0.15) is 30.9 Å². The number of hydrogen-bond donors (Lipinski definition) is 0. The van der Waals surface area contributed by atoms with Gasteiger partial charge in [-0.3, -0.25) is 9.48 Å². The number of aryl methyl sites for hydroxylation is 2. The summed E-state index contributed by atoms with van der Waals surface area (Å²) >= 11 is 0. The lowest BCUT2D eigenvalue weighted by Gasteiger charge is -2.32. The van der Waals surface area contributed by atoms with Gasteiger partial charge in [-0.15, -0.1) is 0 Å². The van der Waals surface area contributed by atoms with Crippen molar-refractivity contribution in [3.8, 4) is 0 Å². The number of amides is 1. The normalized spacial score (nSPS) is 18.9. The zero-order valence-corrected chi connectivity index (χ0v) is 12.2. The summed E-state index contributed by atoms with van der Waals surface area (Å²) in [6.45, 7) is 1.58. The van der Waals surface area contributed by atoms with Crippen molar-refractivity contribution >= 4 is 5.91 Å². The minimum atomic E-state index is 0.212. The summed E-state index contributed by atoms with van der Waals surface area (Å²) in [4.78, 5) is 18.3. The van der Waals surface area contributed by atoms with Crippen LogP contribution in [-0.4, -0.2) is 48.4 Å². The number of carbonyl (C=O) groups excluding carboxylic acids is 1. The fourth-order valence-electron chi connectivity index (χ4n) is 2.81. The van der Waals surface area contributed by atoms with Crippen molar-refractivity contribution in [2.45, 2.75) is 31.7 Å². The summed E-state index contributed by atoms with van der Waals surface area (Å²) in [5.41, 5.74) is 1.11. The maximum Gasteiger partial charge on any atom is 0.222 e. The number of hydrogen-bond acceptors (Lipinski definition) is 4. The van der Waals surface area contributed by atoms with Gasteiger partial charge in [0.15, 0.2) is 0 Å². The first-order chi connectivity index (χ1) is 10.2. The van der Waals surface area contributed by atoms with Crippen LogP contribution < -0.4 is 0 Å². The van der Waals surface area contributed by atoms with Crippen molar-refractivity contribution in [3.05, 3.63) is 30.6 Å². The second-order valence-electron chi connectivity index (χ2n) is 5.53. The standard InChI is InChI=1S/C14H20N6O/c1-18-8-12(7-16-18)4-5-14(21)19-6-2-3-13(9-19)20-11-15-10-17-20/h7-8,10-11,13H,2-6,9H2,1H3/t13-/m1/s1. The molecule has 0 bridgehead atoms. The average molecular weight is 288 g/mol. The highest BCUT2D eigenvalue weighted by Gasteiger charge is 2.24. The van der Waals surface area contributed by atoms with E-state index in [1.165, 1.54) is 0 Å². The Morgan fingerprint density at radius 1 is 1.43 bits per heavy atom. The number of aromatic nitrogens is 5. The molecule has 0 saturated carbocycles. The van der Waals surface area contributed by atoms with Gasteiger partial charge in [0.2, 0.25) is 5.91 Å². The fourth-order valence-corrected chi connectivity index (χ4v) is 2.81. The van der Waals surface area contributed by atoms with Gasteiger partial charge in [0.25, 0.3) is 0 Å². The molecule has 1 fully saturated rings. The Labute approximate surface area is 123 Å². The highest BCUT2D eigenvalue weighted by atomic mass is 16.2. The van der Waals surface area contributed by atoms with Crippen molar-refractivity contribution in [1.29, 1.82) is 0 Å². The van der Waals surface area contributed by atoms with E-state index >= 15 is 0 Å². The molecule has 112 valence electrons. The molecule has 0 unspecified atom stereocenters. The predicted octanol–water partition coefficient (Wildman–Crippen LogP) is 0.808. The van der Waals surface area contributed by atoms with Crippen LogP contribution in [0.4, 0.5) is 0 Å². The van der Waals surface area contributed by atoms with Crippen molar-refractivity contribution < 1.29 is 4.79 Å². The van der Waals surface area contributed by atoms with Crippen LogP contribution in [-0.2, 0) is 18.3 Å².